The van der Waals surface area contributed by atoms with Crippen LogP contribution in [-0.2, 0) is 10.2 Å². The molecular formula is C20H29F5O2S2. The normalized spacial score (nSPS) is 15.9. The summed E-state index contributed by atoms with van der Waals surface area (Å²) in [5, 5.41) is 9.45. The van der Waals surface area contributed by atoms with E-state index in [2.05, 4.69) is 12.6 Å². The van der Waals surface area contributed by atoms with E-state index < -0.39 is 18.5 Å². The molecule has 0 aliphatic carbocycles. The van der Waals surface area contributed by atoms with Gasteiger partial charge in [-0.05, 0) is 55.4 Å². The van der Waals surface area contributed by atoms with Crippen molar-refractivity contribution in [3.63, 3.8) is 0 Å². The molecule has 0 fully saturated rings. The van der Waals surface area contributed by atoms with Crippen molar-refractivity contribution in [2.75, 3.05) is 23.9 Å². The summed E-state index contributed by atoms with van der Waals surface area (Å²) in [6, 6.07) is 6.96. The van der Waals surface area contributed by atoms with Gasteiger partial charge in [0.15, 0.2) is 0 Å². The van der Waals surface area contributed by atoms with E-state index >= 15 is 0 Å². The third-order valence-corrected chi connectivity index (χ3v) is 6.81. The first-order valence-electron chi connectivity index (χ1n) is 9.48. The summed E-state index contributed by atoms with van der Waals surface area (Å²) < 4.78 is 67.7. The highest BCUT2D eigenvalue weighted by Crippen LogP contribution is 2.39. The van der Waals surface area contributed by atoms with E-state index in [4.69, 9.17) is 4.74 Å². The molecule has 1 aromatic rings. The summed E-state index contributed by atoms with van der Waals surface area (Å²) in [7, 11) is 0. The Bertz CT molecular complexity index is 596. The Balaban J connectivity index is 2.23. The number of ether oxygens (including phenoxy) is 1. The van der Waals surface area contributed by atoms with Gasteiger partial charge in [-0.15, -0.1) is 0 Å². The monoisotopic (exact) mass is 460 g/mol. The molecular weight excluding hydrogens is 431 g/mol. The third-order valence-electron chi connectivity index (χ3n) is 5.00. The smallest absolute Gasteiger partial charge is 0.453 e. The molecule has 0 aliphatic heterocycles. The van der Waals surface area contributed by atoms with Crippen LogP contribution in [0, 0.1) is 0 Å². The Labute approximate surface area is 179 Å². The molecule has 0 heterocycles. The molecule has 0 aromatic heterocycles. The molecule has 1 aromatic carbocycles. The molecule has 2 atom stereocenters. The van der Waals surface area contributed by atoms with Crippen LogP contribution >= 0.6 is 24.4 Å². The van der Waals surface area contributed by atoms with E-state index in [1.165, 1.54) is 11.8 Å². The Morgan fingerprint density at radius 1 is 1.03 bits per heavy atom. The number of alkyl halides is 5. The number of thiol groups is 1. The highest BCUT2D eigenvalue weighted by atomic mass is 32.2. The minimum absolute atomic E-state index is 0.109. The summed E-state index contributed by atoms with van der Waals surface area (Å²) >= 11 is 5.84. The summed E-state index contributed by atoms with van der Waals surface area (Å²) in [5.74, 6) is -2.87. The topological polar surface area (TPSA) is 29.5 Å². The fourth-order valence-corrected chi connectivity index (χ4v) is 4.09. The second-order valence-electron chi connectivity index (χ2n) is 7.26. The number of hydrogen-bond acceptors (Lipinski definition) is 4. The fourth-order valence-electron chi connectivity index (χ4n) is 2.69. The molecule has 168 valence electrons. The zero-order valence-electron chi connectivity index (χ0n) is 16.6. The standard InChI is InChI=1S/C20H29F5O2S2/c1-15(18(2,14-28)16-6-8-17(26)9-7-16)27-11-3-4-12-29-13-5-10-19(21,22)20(23,24)25/h6-9,15,26,28H,3-5,10-14H2,1-2H3/t15?,18-/m0/s1. The lowest BCUT2D eigenvalue weighted by Gasteiger charge is -2.35. The van der Waals surface area contributed by atoms with Gasteiger partial charge < -0.3 is 9.84 Å². The van der Waals surface area contributed by atoms with Gasteiger partial charge >= 0.3 is 12.1 Å². The third kappa shape index (κ3) is 8.17. The van der Waals surface area contributed by atoms with Crippen molar-refractivity contribution in [1.82, 2.24) is 0 Å². The van der Waals surface area contributed by atoms with Gasteiger partial charge in [-0.2, -0.15) is 46.3 Å². The van der Waals surface area contributed by atoms with Crippen molar-refractivity contribution in [3.8, 4) is 5.75 Å². The van der Waals surface area contributed by atoms with Crippen molar-refractivity contribution in [2.45, 2.75) is 63.1 Å². The molecule has 9 heteroatoms. The first kappa shape index (κ1) is 26.4. The number of phenolic OH excluding ortho intramolecular Hbond substituents is 1. The summed E-state index contributed by atoms with van der Waals surface area (Å²) in [6.45, 7) is 4.54. The van der Waals surface area contributed by atoms with E-state index in [0.29, 0.717) is 18.1 Å². The molecule has 0 amide bonds. The molecule has 1 unspecified atom stereocenters. The van der Waals surface area contributed by atoms with Crippen molar-refractivity contribution in [2.24, 2.45) is 0 Å². The van der Waals surface area contributed by atoms with Crippen molar-refractivity contribution < 1.29 is 31.8 Å². The average molecular weight is 461 g/mol. The predicted molar refractivity (Wildman–Crippen MR) is 112 cm³/mol. The Morgan fingerprint density at radius 2 is 1.62 bits per heavy atom. The summed E-state index contributed by atoms with van der Waals surface area (Å²) in [6.07, 6.45) is -5.34. The first-order valence-corrected chi connectivity index (χ1v) is 11.3. The average Bonchev–Trinajstić information content (AvgIpc) is 2.65. The number of benzene rings is 1. The van der Waals surface area contributed by atoms with Gasteiger partial charge in [0.2, 0.25) is 0 Å². The van der Waals surface area contributed by atoms with E-state index in [0.717, 1.165) is 18.4 Å². The van der Waals surface area contributed by atoms with Crippen LogP contribution in [0.15, 0.2) is 24.3 Å². The minimum Gasteiger partial charge on any atom is -0.508 e. The van der Waals surface area contributed by atoms with Gasteiger partial charge in [0.25, 0.3) is 0 Å². The van der Waals surface area contributed by atoms with Gasteiger partial charge in [0.1, 0.15) is 5.75 Å². The highest BCUT2D eigenvalue weighted by molar-refractivity contribution is 7.99. The van der Waals surface area contributed by atoms with Crippen LogP contribution in [0.3, 0.4) is 0 Å². The van der Waals surface area contributed by atoms with Crippen molar-refractivity contribution in [1.29, 1.82) is 0 Å². The molecule has 2 nitrogen and oxygen atoms in total. The van der Waals surface area contributed by atoms with Crippen LogP contribution in [0.1, 0.15) is 45.1 Å². The van der Waals surface area contributed by atoms with Crippen molar-refractivity contribution >= 4 is 24.4 Å². The van der Waals surface area contributed by atoms with Gasteiger partial charge in [-0.25, -0.2) is 0 Å². The van der Waals surface area contributed by atoms with Gasteiger partial charge in [0, 0.05) is 24.2 Å². The SMILES string of the molecule is CC(OCCCCSCCCC(F)(F)C(F)(F)F)[C@](C)(CS)c1ccc(O)cc1. The maximum absolute atomic E-state index is 12.8. The molecule has 0 aliphatic rings. The number of unbranched alkanes of at least 4 members (excludes halogenated alkanes) is 1. The maximum Gasteiger partial charge on any atom is 0.453 e. The van der Waals surface area contributed by atoms with Crippen LogP contribution in [-0.4, -0.2) is 47.2 Å². The molecule has 0 saturated carbocycles. The van der Waals surface area contributed by atoms with E-state index in [1.807, 2.05) is 26.0 Å². The van der Waals surface area contributed by atoms with Gasteiger partial charge in [0.05, 0.1) is 6.10 Å². The lowest BCUT2D eigenvalue weighted by Crippen LogP contribution is -2.38. The molecule has 29 heavy (non-hydrogen) atoms. The molecule has 0 saturated heterocycles. The molecule has 0 bridgehead atoms. The highest BCUT2D eigenvalue weighted by Gasteiger charge is 2.56. The molecule has 1 rings (SSSR count). The Kier molecular flexibility index (Phi) is 10.6. The largest absolute Gasteiger partial charge is 0.508 e. The number of hydrogen-bond donors (Lipinski definition) is 2. The van der Waals surface area contributed by atoms with Gasteiger partial charge in [-0.3, -0.25) is 0 Å². The molecule has 0 spiro atoms. The number of thioether (sulfide) groups is 1. The van der Waals surface area contributed by atoms with E-state index in [9.17, 15) is 27.1 Å². The Hall–Kier alpha value is -0.670. The van der Waals surface area contributed by atoms with E-state index in [1.54, 1.807) is 12.1 Å². The van der Waals surface area contributed by atoms with E-state index in [-0.39, 0.29) is 29.4 Å². The number of phenols is 1. The quantitative estimate of drug-likeness (QED) is 0.201. The van der Waals surface area contributed by atoms with Crippen LogP contribution < -0.4 is 0 Å². The first-order chi connectivity index (χ1) is 13.4. The second-order valence-corrected chi connectivity index (χ2v) is 8.80. The predicted octanol–water partition coefficient (Wildman–Crippen LogP) is 6.48. The number of rotatable bonds is 13. The van der Waals surface area contributed by atoms with Crippen LogP contribution in [0.25, 0.3) is 0 Å². The maximum atomic E-state index is 12.8. The van der Waals surface area contributed by atoms with Crippen LogP contribution in [0.2, 0.25) is 0 Å². The second kappa shape index (κ2) is 11.6. The lowest BCUT2D eigenvalue weighted by atomic mass is 9.79. The zero-order chi connectivity index (χ0) is 22.1. The minimum atomic E-state index is -5.46. The lowest BCUT2D eigenvalue weighted by molar-refractivity contribution is -0.284. The van der Waals surface area contributed by atoms with Crippen LogP contribution in [0.4, 0.5) is 22.0 Å². The number of halogens is 5. The summed E-state index contributed by atoms with van der Waals surface area (Å²) in [5.41, 5.74) is 0.693. The molecule has 0 radical (unpaired) electrons. The summed E-state index contributed by atoms with van der Waals surface area (Å²) in [4.78, 5) is 0. The van der Waals surface area contributed by atoms with Crippen LogP contribution in [0.5, 0.6) is 5.75 Å². The molecule has 1 N–H and O–H groups in total. The van der Waals surface area contributed by atoms with Gasteiger partial charge in [-0.1, -0.05) is 19.1 Å². The zero-order valence-corrected chi connectivity index (χ0v) is 18.4. The Morgan fingerprint density at radius 3 is 2.17 bits per heavy atom. The number of aromatic hydroxyl groups is 1. The van der Waals surface area contributed by atoms with Crippen molar-refractivity contribution in [3.05, 3.63) is 29.8 Å². The fraction of sp³-hybridized carbons (Fsp3) is 0.700.